The van der Waals surface area contributed by atoms with E-state index in [-0.39, 0.29) is 23.7 Å². The van der Waals surface area contributed by atoms with Crippen molar-refractivity contribution in [3.8, 4) is 11.3 Å². The smallest absolute Gasteiger partial charge is 0.273 e. The number of nitrogens with zero attached hydrogens (tertiary/aromatic N) is 2. The maximum atomic E-state index is 12.1. The molecule has 0 radical (unpaired) electrons. The predicted octanol–water partition coefficient (Wildman–Crippen LogP) is 1.44. The van der Waals surface area contributed by atoms with Gasteiger partial charge >= 0.3 is 0 Å². The van der Waals surface area contributed by atoms with Crippen molar-refractivity contribution in [1.29, 1.82) is 0 Å². The average Bonchev–Trinajstić information content (AvgIpc) is 3.17. The summed E-state index contributed by atoms with van der Waals surface area (Å²) in [6, 6.07) is 13.0. The van der Waals surface area contributed by atoms with Crippen LogP contribution in [0.3, 0.4) is 0 Å². The number of aromatic nitrogens is 2. The molecular formula is C17H16N4O4S. The van der Waals surface area contributed by atoms with Crippen LogP contribution in [0.5, 0.6) is 0 Å². The van der Waals surface area contributed by atoms with Crippen LogP contribution in [0.2, 0.25) is 0 Å². The van der Waals surface area contributed by atoms with Gasteiger partial charge in [-0.15, -0.1) is 0 Å². The van der Waals surface area contributed by atoms with Gasteiger partial charge in [-0.1, -0.05) is 23.4 Å². The van der Waals surface area contributed by atoms with E-state index in [2.05, 4.69) is 20.2 Å². The molecule has 2 heterocycles. The van der Waals surface area contributed by atoms with Crippen LogP contribution in [-0.2, 0) is 10.0 Å². The molecule has 0 bridgehead atoms. The van der Waals surface area contributed by atoms with Crippen molar-refractivity contribution < 1.29 is 17.7 Å². The number of nitrogens with one attached hydrogen (secondary N) is 2. The summed E-state index contributed by atoms with van der Waals surface area (Å²) in [5.74, 6) is -0.0316. The minimum atomic E-state index is -3.60. The molecule has 0 fully saturated rings. The van der Waals surface area contributed by atoms with Gasteiger partial charge in [-0.3, -0.25) is 9.78 Å². The molecule has 134 valence electrons. The summed E-state index contributed by atoms with van der Waals surface area (Å²) in [6.45, 7) is 0.163. The fourth-order valence-electron chi connectivity index (χ4n) is 2.16. The lowest BCUT2D eigenvalue weighted by atomic mass is 10.2. The second kappa shape index (κ2) is 7.89. The van der Waals surface area contributed by atoms with E-state index in [0.717, 1.165) is 0 Å². The Kier molecular flexibility index (Phi) is 5.40. The molecule has 1 aromatic carbocycles. The molecule has 8 nitrogen and oxygen atoms in total. The third-order valence-electron chi connectivity index (χ3n) is 3.44. The first-order chi connectivity index (χ1) is 12.6. The van der Waals surface area contributed by atoms with E-state index in [4.69, 9.17) is 4.52 Å². The second-order valence-electron chi connectivity index (χ2n) is 5.28. The fraction of sp³-hybridized carbons (Fsp3) is 0.118. The topological polar surface area (TPSA) is 114 Å². The summed E-state index contributed by atoms with van der Waals surface area (Å²) >= 11 is 0. The molecule has 3 aromatic rings. The summed E-state index contributed by atoms with van der Waals surface area (Å²) in [5, 5.41) is 6.30. The van der Waals surface area contributed by atoms with Gasteiger partial charge in [-0.25, -0.2) is 13.1 Å². The van der Waals surface area contributed by atoms with Gasteiger partial charge < -0.3 is 9.84 Å². The minimum Gasteiger partial charge on any atom is -0.355 e. The second-order valence-corrected chi connectivity index (χ2v) is 7.05. The molecule has 0 saturated carbocycles. The Balaban J connectivity index is 1.51. The van der Waals surface area contributed by atoms with Crippen LogP contribution in [0.25, 0.3) is 11.3 Å². The third-order valence-corrected chi connectivity index (χ3v) is 4.92. The normalized spacial score (nSPS) is 11.2. The summed E-state index contributed by atoms with van der Waals surface area (Å²) in [5.41, 5.74) is 0.810. The van der Waals surface area contributed by atoms with Crippen molar-refractivity contribution in [3.05, 3.63) is 66.6 Å². The highest BCUT2D eigenvalue weighted by molar-refractivity contribution is 7.89. The van der Waals surface area contributed by atoms with Crippen LogP contribution in [-0.4, -0.2) is 37.6 Å². The molecule has 2 N–H and O–H groups in total. The molecule has 26 heavy (non-hydrogen) atoms. The number of pyridine rings is 1. The van der Waals surface area contributed by atoms with Crippen molar-refractivity contribution >= 4 is 15.9 Å². The lowest BCUT2D eigenvalue weighted by Crippen LogP contribution is -2.34. The Morgan fingerprint density at radius 3 is 2.62 bits per heavy atom. The van der Waals surface area contributed by atoms with Crippen LogP contribution in [0, 0.1) is 0 Å². The number of benzene rings is 1. The van der Waals surface area contributed by atoms with E-state index >= 15 is 0 Å². The monoisotopic (exact) mass is 372 g/mol. The van der Waals surface area contributed by atoms with E-state index in [0.29, 0.717) is 11.3 Å². The number of carbonyl (C=O) groups excluding carboxylic acids is 1. The quantitative estimate of drug-likeness (QED) is 0.607. The molecule has 3 rings (SSSR count). The summed E-state index contributed by atoms with van der Waals surface area (Å²) in [7, 11) is -3.60. The van der Waals surface area contributed by atoms with E-state index < -0.39 is 15.9 Å². The molecule has 0 atom stereocenters. The first kappa shape index (κ1) is 17.8. The molecular weight excluding hydrogens is 356 g/mol. The maximum Gasteiger partial charge on any atom is 0.273 e. The van der Waals surface area contributed by atoms with Gasteiger partial charge in [0.15, 0.2) is 11.5 Å². The maximum absolute atomic E-state index is 12.1. The van der Waals surface area contributed by atoms with E-state index in [1.165, 1.54) is 18.2 Å². The SMILES string of the molecule is O=C(NCCNS(=O)(=O)c1ccccc1)c1cc(-c2cccnc2)on1. The van der Waals surface area contributed by atoms with Gasteiger partial charge in [0.1, 0.15) is 0 Å². The minimum absolute atomic E-state index is 0.0519. The number of hydrogen-bond donors (Lipinski definition) is 2. The lowest BCUT2D eigenvalue weighted by Gasteiger charge is -2.07. The molecule has 0 unspecified atom stereocenters. The molecule has 9 heteroatoms. The molecule has 0 aliphatic rings. The molecule has 0 aliphatic heterocycles. The molecule has 2 aromatic heterocycles. The first-order valence-corrected chi connectivity index (χ1v) is 9.24. The van der Waals surface area contributed by atoms with Crippen LogP contribution in [0.4, 0.5) is 0 Å². The van der Waals surface area contributed by atoms with E-state index in [9.17, 15) is 13.2 Å². The van der Waals surface area contributed by atoms with Crippen LogP contribution in [0.1, 0.15) is 10.5 Å². The first-order valence-electron chi connectivity index (χ1n) is 7.76. The zero-order chi connectivity index (χ0) is 18.4. The van der Waals surface area contributed by atoms with Gasteiger partial charge in [-0.05, 0) is 24.3 Å². The number of carbonyl (C=O) groups is 1. The van der Waals surface area contributed by atoms with Crippen molar-refractivity contribution in [2.45, 2.75) is 4.90 Å². The van der Waals surface area contributed by atoms with Gasteiger partial charge in [0.05, 0.1) is 4.90 Å². The number of hydrogen-bond acceptors (Lipinski definition) is 6. The number of rotatable bonds is 7. The number of sulfonamides is 1. The van der Waals surface area contributed by atoms with Crippen LogP contribution < -0.4 is 10.0 Å². The zero-order valence-electron chi connectivity index (χ0n) is 13.6. The van der Waals surface area contributed by atoms with Gasteiger partial charge in [0, 0.05) is 37.1 Å². The van der Waals surface area contributed by atoms with Crippen molar-refractivity contribution in [2.24, 2.45) is 0 Å². The Morgan fingerprint density at radius 1 is 1.08 bits per heavy atom. The highest BCUT2D eigenvalue weighted by Gasteiger charge is 2.15. The average molecular weight is 372 g/mol. The molecule has 0 saturated heterocycles. The molecule has 0 aliphatic carbocycles. The summed E-state index contributed by atoms with van der Waals surface area (Å²) in [6.07, 6.45) is 3.23. The highest BCUT2D eigenvalue weighted by Crippen LogP contribution is 2.18. The van der Waals surface area contributed by atoms with Gasteiger partial charge in [0.25, 0.3) is 5.91 Å². The van der Waals surface area contributed by atoms with Crippen LogP contribution in [0.15, 0.2) is 70.3 Å². The van der Waals surface area contributed by atoms with Crippen molar-refractivity contribution in [2.75, 3.05) is 13.1 Å². The molecule has 0 spiro atoms. The largest absolute Gasteiger partial charge is 0.355 e. The van der Waals surface area contributed by atoms with Crippen LogP contribution >= 0.6 is 0 Å². The lowest BCUT2D eigenvalue weighted by molar-refractivity contribution is 0.0945. The van der Waals surface area contributed by atoms with E-state index in [1.54, 1.807) is 42.7 Å². The third kappa shape index (κ3) is 4.32. The van der Waals surface area contributed by atoms with Crippen molar-refractivity contribution in [1.82, 2.24) is 20.2 Å². The van der Waals surface area contributed by atoms with Crippen molar-refractivity contribution in [3.63, 3.8) is 0 Å². The Hall–Kier alpha value is -3.04. The Bertz CT molecular complexity index is 972. The predicted molar refractivity (Wildman–Crippen MR) is 93.7 cm³/mol. The Labute approximate surface area is 150 Å². The van der Waals surface area contributed by atoms with Gasteiger partial charge in [0.2, 0.25) is 10.0 Å². The zero-order valence-corrected chi connectivity index (χ0v) is 14.4. The highest BCUT2D eigenvalue weighted by atomic mass is 32.2. The molecule has 1 amide bonds. The van der Waals surface area contributed by atoms with Gasteiger partial charge in [-0.2, -0.15) is 0 Å². The Morgan fingerprint density at radius 2 is 1.88 bits per heavy atom. The number of amides is 1. The summed E-state index contributed by atoms with van der Waals surface area (Å²) in [4.78, 5) is 16.2. The fourth-order valence-corrected chi connectivity index (χ4v) is 3.21. The van der Waals surface area contributed by atoms with E-state index in [1.807, 2.05) is 0 Å². The summed E-state index contributed by atoms with van der Waals surface area (Å²) < 4.78 is 31.6. The standard InChI is InChI=1S/C17H16N4O4S/c22-17(15-11-16(25-21-15)13-5-4-8-18-12-13)19-9-10-20-26(23,24)14-6-2-1-3-7-14/h1-8,11-12,20H,9-10H2,(H,19,22).